The van der Waals surface area contributed by atoms with Gasteiger partial charge in [-0.25, -0.2) is 4.98 Å². The van der Waals surface area contributed by atoms with E-state index in [0.29, 0.717) is 12.0 Å². The van der Waals surface area contributed by atoms with Gasteiger partial charge in [0.25, 0.3) is 0 Å². The summed E-state index contributed by atoms with van der Waals surface area (Å²) in [6, 6.07) is 0.588. The molecule has 1 fully saturated rings. The van der Waals surface area contributed by atoms with Crippen LogP contribution in [0.1, 0.15) is 50.9 Å². The molecule has 1 heterocycles. The maximum atomic E-state index is 5.93. The van der Waals surface area contributed by atoms with Crippen LogP contribution in [0, 0.1) is 5.92 Å². The van der Waals surface area contributed by atoms with E-state index >= 15 is 0 Å². The molecule has 3 heteroatoms. The van der Waals surface area contributed by atoms with E-state index in [-0.39, 0.29) is 0 Å². The van der Waals surface area contributed by atoms with Crippen molar-refractivity contribution in [2.45, 2.75) is 51.5 Å². The highest BCUT2D eigenvalue weighted by Crippen LogP contribution is 2.32. The summed E-state index contributed by atoms with van der Waals surface area (Å²) in [5.41, 5.74) is 5.93. The fourth-order valence-electron chi connectivity index (χ4n) is 2.93. The first kappa shape index (κ1) is 11.6. The van der Waals surface area contributed by atoms with Crippen molar-refractivity contribution < 1.29 is 0 Å². The van der Waals surface area contributed by atoms with Crippen LogP contribution in [-0.2, 0) is 6.42 Å². The summed E-state index contributed by atoms with van der Waals surface area (Å²) < 4.78 is 2.38. The van der Waals surface area contributed by atoms with Gasteiger partial charge in [0, 0.05) is 24.9 Å². The Balaban J connectivity index is 2.21. The molecule has 1 aromatic rings. The molecule has 1 aliphatic carbocycles. The molecule has 2 N–H and O–H groups in total. The van der Waals surface area contributed by atoms with E-state index in [9.17, 15) is 0 Å². The van der Waals surface area contributed by atoms with Crippen LogP contribution in [0.5, 0.6) is 0 Å². The van der Waals surface area contributed by atoms with Gasteiger partial charge < -0.3 is 10.3 Å². The molecular formula is C13H23N3. The van der Waals surface area contributed by atoms with Crippen molar-refractivity contribution in [2.24, 2.45) is 11.7 Å². The van der Waals surface area contributed by atoms with E-state index < -0.39 is 0 Å². The van der Waals surface area contributed by atoms with Crippen LogP contribution in [-0.4, -0.2) is 16.1 Å². The Morgan fingerprint density at radius 2 is 2.19 bits per heavy atom. The zero-order valence-corrected chi connectivity index (χ0v) is 10.2. The predicted molar refractivity (Wildman–Crippen MR) is 66.3 cm³/mol. The average Bonchev–Trinajstić information content (AvgIpc) is 2.66. The van der Waals surface area contributed by atoms with Gasteiger partial charge in [0.1, 0.15) is 5.82 Å². The number of nitrogens with zero attached hydrogens (tertiary/aromatic N) is 2. The van der Waals surface area contributed by atoms with Crippen molar-refractivity contribution >= 4 is 0 Å². The van der Waals surface area contributed by atoms with Crippen molar-refractivity contribution in [3.05, 3.63) is 18.2 Å². The third kappa shape index (κ3) is 2.29. The van der Waals surface area contributed by atoms with Gasteiger partial charge in [-0.15, -0.1) is 0 Å². The summed E-state index contributed by atoms with van der Waals surface area (Å²) >= 11 is 0. The van der Waals surface area contributed by atoms with Gasteiger partial charge in [-0.05, 0) is 25.3 Å². The molecule has 0 amide bonds. The van der Waals surface area contributed by atoms with Gasteiger partial charge in [-0.1, -0.05) is 26.2 Å². The van der Waals surface area contributed by atoms with Crippen LogP contribution >= 0.6 is 0 Å². The maximum absolute atomic E-state index is 5.93. The normalized spacial score (nSPS) is 26.6. The summed E-state index contributed by atoms with van der Waals surface area (Å²) in [6.07, 6.45) is 11.7. The zero-order chi connectivity index (χ0) is 11.4. The average molecular weight is 221 g/mol. The molecular weight excluding hydrogens is 198 g/mol. The smallest absolute Gasteiger partial charge is 0.108 e. The fourth-order valence-corrected chi connectivity index (χ4v) is 2.93. The first-order valence-corrected chi connectivity index (χ1v) is 6.58. The van der Waals surface area contributed by atoms with Gasteiger partial charge in [0.05, 0.1) is 0 Å². The lowest BCUT2D eigenvalue weighted by molar-refractivity contribution is 0.311. The summed E-state index contributed by atoms with van der Waals surface area (Å²) in [4.78, 5) is 4.43. The van der Waals surface area contributed by atoms with E-state index in [4.69, 9.17) is 5.73 Å². The Morgan fingerprint density at radius 1 is 1.38 bits per heavy atom. The minimum Gasteiger partial charge on any atom is -0.332 e. The zero-order valence-electron chi connectivity index (χ0n) is 10.2. The van der Waals surface area contributed by atoms with Crippen molar-refractivity contribution in [1.82, 2.24) is 9.55 Å². The second-order valence-corrected chi connectivity index (χ2v) is 4.81. The highest BCUT2D eigenvalue weighted by atomic mass is 15.1. The van der Waals surface area contributed by atoms with E-state index in [1.807, 2.05) is 6.20 Å². The molecule has 2 atom stereocenters. The van der Waals surface area contributed by atoms with Crippen LogP contribution in [0.25, 0.3) is 0 Å². The molecule has 0 aliphatic heterocycles. The first-order chi connectivity index (χ1) is 7.86. The number of rotatable bonds is 3. The quantitative estimate of drug-likeness (QED) is 0.797. The molecule has 0 radical (unpaired) electrons. The number of hydrogen-bond donors (Lipinski definition) is 1. The molecule has 0 saturated heterocycles. The largest absolute Gasteiger partial charge is 0.332 e. The van der Waals surface area contributed by atoms with Gasteiger partial charge in [-0.3, -0.25) is 0 Å². The SMILES string of the molecule is CCc1nccn1C1CCCCCC1CN. The van der Waals surface area contributed by atoms with Crippen LogP contribution in [0.15, 0.2) is 12.4 Å². The molecule has 2 rings (SSSR count). The summed E-state index contributed by atoms with van der Waals surface area (Å²) in [5, 5.41) is 0. The number of aromatic nitrogens is 2. The lowest BCUT2D eigenvalue weighted by Crippen LogP contribution is -2.26. The standard InChI is InChI=1S/C13H23N3/c1-2-13-15-8-9-16(13)12-7-5-3-4-6-11(12)10-14/h8-9,11-12H,2-7,10,14H2,1H3. The predicted octanol–water partition coefficient (Wildman–Crippen LogP) is 2.53. The van der Waals surface area contributed by atoms with Gasteiger partial charge in [0.2, 0.25) is 0 Å². The summed E-state index contributed by atoms with van der Waals surface area (Å²) in [6.45, 7) is 2.99. The van der Waals surface area contributed by atoms with E-state index in [1.165, 1.54) is 37.9 Å². The monoisotopic (exact) mass is 221 g/mol. The molecule has 90 valence electrons. The molecule has 1 saturated carbocycles. The third-order valence-electron chi connectivity index (χ3n) is 3.84. The van der Waals surface area contributed by atoms with Crippen molar-refractivity contribution in [3.8, 4) is 0 Å². The molecule has 0 aromatic carbocycles. The Labute approximate surface area is 98.1 Å². The highest BCUT2D eigenvalue weighted by molar-refractivity contribution is 4.97. The van der Waals surface area contributed by atoms with Crippen molar-refractivity contribution in [2.75, 3.05) is 6.54 Å². The van der Waals surface area contributed by atoms with Crippen LogP contribution in [0.3, 0.4) is 0 Å². The molecule has 1 aromatic heterocycles. The lowest BCUT2D eigenvalue weighted by Gasteiger charge is -2.26. The minimum absolute atomic E-state index is 0.588. The van der Waals surface area contributed by atoms with Crippen molar-refractivity contribution in [1.29, 1.82) is 0 Å². The van der Waals surface area contributed by atoms with Crippen LogP contribution < -0.4 is 5.73 Å². The van der Waals surface area contributed by atoms with Gasteiger partial charge in [0.15, 0.2) is 0 Å². The molecule has 1 aliphatic rings. The van der Waals surface area contributed by atoms with E-state index in [1.54, 1.807) is 0 Å². The molecule has 0 spiro atoms. The molecule has 16 heavy (non-hydrogen) atoms. The number of imidazole rings is 1. The van der Waals surface area contributed by atoms with Gasteiger partial charge in [-0.2, -0.15) is 0 Å². The fraction of sp³-hybridized carbons (Fsp3) is 0.769. The Morgan fingerprint density at radius 3 is 2.94 bits per heavy atom. The van der Waals surface area contributed by atoms with E-state index in [2.05, 4.69) is 22.7 Å². The first-order valence-electron chi connectivity index (χ1n) is 6.58. The second kappa shape index (κ2) is 5.48. The maximum Gasteiger partial charge on any atom is 0.108 e. The lowest BCUT2D eigenvalue weighted by atomic mass is 9.94. The molecule has 2 unspecified atom stereocenters. The summed E-state index contributed by atoms with van der Waals surface area (Å²) in [5.74, 6) is 1.85. The number of hydrogen-bond acceptors (Lipinski definition) is 2. The topological polar surface area (TPSA) is 43.8 Å². The third-order valence-corrected chi connectivity index (χ3v) is 3.84. The van der Waals surface area contributed by atoms with E-state index in [0.717, 1.165) is 13.0 Å². The Kier molecular flexibility index (Phi) is 3.99. The summed E-state index contributed by atoms with van der Waals surface area (Å²) in [7, 11) is 0. The Bertz CT molecular complexity index is 319. The Hall–Kier alpha value is -0.830. The van der Waals surface area contributed by atoms with Crippen LogP contribution in [0.4, 0.5) is 0 Å². The number of aryl methyl sites for hydroxylation is 1. The number of nitrogens with two attached hydrogens (primary N) is 1. The highest BCUT2D eigenvalue weighted by Gasteiger charge is 2.24. The van der Waals surface area contributed by atoms with Crippen molar-refractivity contribution in [3.63, 3.8) is 0 Å². The van der Waals surface area contributed by atoms with Crippen LogP contribution in [0.2, 0.25) is 0 Å². The molecule has 3 nitrogen and oxygen atoms in total. The second-order valence-electron chi connectivity index (χ2n) is 4.81. The van der Waals surface area contributed by atoms with Gasteiger partial charge >= 0.3 is 0 Å². The molecule has 0 bridgehead atoms. The minimum atomic E-state index is 0.588.